The molecular formula is C21H13N5O5S2. The third kappa shape index (κ3) is 4.04. The van der Waals surface area contributed by atoms with Crippen LogP contribution < -0.4 is 9.75 Å². The first-order valence-electron chi connectivity index (χ1n) is 9.42. The standard InChI is InChI=1S/C21H13N5O5S2/c1-30-13-3-6-16-18(9-13)33-21(24-16)25(23-10-14-4-7-19(31-14)26(28)29)20(27)12-2-5-15-17(8-12)32-11-22-15/h2-11H,1H3/b23-10+. The summed E-state index contributed by atoms with van der Waals surface area (Å²) >= 11 is 2.68. The molecular weight excluding hydrogens is 466 g/mol. The summed E-state index contributed by atoms with van der Waals surface area (Å²) in [5.74, 6) is -0.0523. The number of carbonyl (C=O) groups is 1. The smallest absolute Gasteiger partial charge is 0.433 e. The fraction of sp³-hybridized carbons (Fsp3) is 0.0476. The molecule has 0 bridgehead atoms. The summed E-state index contributed by atoms with van der Waals surface area (Å²) in [6.07, 6.45) is 1.24. The summed E-state index contributed by atoms with van der Waals surface area (Å²) in [4.78, 5) is 32.5. The lowest BCUT2D eigenvalue weighted by atomic mass is 10.2. The highest BCUT2D eigenvalue weighted by Gasteiger charge is 2.22. The molecule has 12 heteroatoms. The Morgan fingerprint density at radius 1 is 1.18 bits per heavy atom. The van der Waals surface area contributed by atoms with Crippen molar-refractivity contribution in [3.8, 4) is 5.75 Å². The maximum Gasteiger partial charge on any atom is 0.433 e. The first kappa shape index (κ1) is 20.7. The minimum Gasteiger partial charge on any atom is -0.497 e. The van der Waals surface area contributed by atoms with Crippen LogP contribution in [-0.4, -0.2) is 34.1 Å². The minimum absolute atomic E-state index is 0.125. The van der Waals surface area contributed by atoms with Crippen LogP contribution in [-0.2, 0) is 0 Å². The van der Waals surface area contributed by atoms with Gasteiger partial charge in [-0.05, 0) is 42.5 Å². The number of furan rings is 1. The van der Waals surface area contributed by atoms with Crippen LogP contribution in [0.5, 0.6) is 5.75 Å². The second-order valence-corrected chi connectivity index (χ2v) is 8.56. The van der Waals surface area contributed by atoms with E-state index in [2.05, 4.69) is 15.1 Å². The molecule has 0 aliphatic carbocycles. The quantitative estimate of drug-likeness (QED) is 0.189. The molecule has 0 aliphatic rings. The number of carbonyl (C=O) groups excluding carboxylic acids is 1. The van der Waals surface area contributed by atoms with E-state index in [0.717, 1.165) is 19.9 Å². The highest BCUT2D eigenvalue weighted by molar-refractivity contribution is 7.22. The highest BCUT2D eigenvalue weighted by Crippen LogP contribution is 2.33. The molecule has 3 aromatic heterocycles. The van der Waals surface area contributed by atoms with Crippen molar-refractivity contribution >= 4 is 66.2 Å². The van der Waals surface area contributed by atoms with Gasteiger partial charge in [0, 0.05) is 5.56 Å². The molecule has 0 spiro atoms. The predicted octanol–water partition coefficient (Wildman–Crippen LogP) is 5.10. The van der Waals surface area contributed by atoms with E-state index >= 15 is 0 Å². The zero-order valence-corrected chi connectivity index (χ0v) is 18.5. The fourth-order valence-electron chi connectivity index (χ4n) is 3.03. The van der Waals surface area contributed by atoms with Crippen LogP contribution in [0.4, 0.5) is 11.0 Å². The molecule has 0 saturated heterocycles. The number of ether oxygens (including phenoxy) is 1. The average Bonchev–Trinajstić information content (AvgIpc) is 3.56. The van der Waals surface area contributed by atoms with Crippen molar-refractivity contribution in [2.45, 2.75) is 0 Å². The molecule has 5 rings (SSSR count). The largest absolute Gasteiger partial charge is 0.497 e. The first-order chi connectivity index (χ1) is 16.0. The van der Waals surface area contributed by atoms with Crippen LogP contribution in [0.3, 0.4) is 0 Å². The Hall–Kier alpha value is -4.16. The van der Waals surface area contributed by atoms with E-state index in [1.165, 1.54) is 41.0 Å². The number of amides is 1. The van der Waals surface area contributed by atoms with E-state index in [1.54, 1.807) is 43.0 Å². The monoisotopic (exact) mass is 479 g/mol. The van der Waals surface area contributed by atoms with Crippen molar-refractivity contribution in [3.63, 3.8) is 0 Å². The Balaban J connectivity index is 1.56. The van der Waals surface area contributed by atoms with Gasteiger partial charge in [0.15, 0.2) is 5.76 Å². The highest BCUT2D eigenvalue weighted by atomic mass is 32.1. The number of hydrazone groups is 1. The van der Waals surface area contributed by atoms with E-state index in [4.69, 9.17) is 9.15 Å². The maximum absolute atomic E-state index is 13.4. The van der Waals surface area contributed by atoms with Gasteiger partial charge in [0.2, 0.25) is 5.13 Å². The lowest BCUT2D eigenvalue weighted by Gasteiger charge is -2.13. The second kappa shape index (κ2) is 8.41. The number of aromatic nitrogens is 2. The van der Waals surface area contributed by atoms with E-state index in [9.17, 15) is 14.9 Å². The summed E-state index contributed by atoms with van der Waals surface area (Å²) < 4.78 is 12.1. The van der Waals surface area contributed by atoms with Crippen LogP contribution >= 0.6 is 22.7 Å². The molecule has 164 valence electrons. The SMILES string of the molecule is COc1ccc2nc(N(/N=C/c3ccc([N+](=O)[O-])o3)C(=O)c3ccc4ncsc4c3)sc2c1. The second-order valence-electron chi connectivity index (χ2n) is 6.66. The summed E-state index contributed by atoms with van der Waals surface area (Å²) in [6, 6.07) is 13.2. The molecule has 0 atom stereocenters. The van der Waals surface area contributed by atoms with Gasteiger partial charge < -0.3 is 9.15 Å². The van der Waals surface area contributed by atoms with E-state index in [1.807, 2.05) is 6.07 Å². The Morgan fingerprint density at radius 3 is 2.82 bits per heavy atom. The number of thiazole rings is 2. The third-order valence-electron chi connectivity index (χ3n) is 4.63. The molecule has 0 radical (unpaired) electrons. The summed E-state index contributed by atoms with van der Waals surface area (Å²) in [5, 5.41) is 16.6. The van der Waals surface area contributed by atoms with Crippen molar-refractivity contribution < 1.29 is 18.9 Å². The van der Waals surface area contributed by atoms with Gasteiger partial charge in [-0.15, -0.1) is 11.3 Å². The van der Waals surface area contributed by atoms with Crippen molar-refractivity contribution in [2.75, 3.05) is 12.1 Å². The van der Waals surface area contributed by atoms with Crippen molar-refractivity contribution in [2.24, 2.45) is 5.10 Å². The normalized spacial score (nSPS) is 11.4. The molecule has 0 N–H and O–H groups in total. The van der Waals surface area contributed by atoms with Gasteiger partial charge in [-0.1, -0.05) is 11.3 Å². The molecule has 2 aromatic carbocycles. The molecule has 1 amide bonds. The van der Waals surface area contributed by atoms with E-state index < -0.39 is 16.7 Å². The van der Waals surface area contributed by atoms with Gasteiger partial charge in [0.25, 0.3) is 5.91 Å². The molecule has 0 aliphatic heterocycles. The Bertz CT molecular complexity index is 1540. The lowest BCUT2D eigenvalue weighted by Crippen LogP contribution is -2.25. The summed E-state index contributed by atoms with van der Waals surface area (Å²) in [6.45, 7) is 0. The van der Waals surface area contributed by atoms with Crippen LogP contribution in [0.25, 0.3) is 20.4 Å². The molecule has 0 fully saturated rings. The summed E-state index contributed by atoms with van der Waals surface area (Å²) in [7, 11) is 1.57. The number of methoxy groups -OCH3 is 1. The number of hydrogen-bond donors (Lipinski definition) is 0. The van der Waals surface area contributed by atoms with Crippen LogP contribution in [0.15, 0.2) is 63.6 Å². The van der Waals surface area contributed by atoms with Crippen molar-refractivity contribution in [1.82, 2.24) is 9.97 Å². The maximum atomic E-state index is 13.4. The number of nitrogens with zero attached hydrogens (tertiary/aromatic N) is 5. The molecule has 0 saturated carbocycles. The number of rotatable bonds is 6. The van der Waals surface area contributed by atoms with Crippen molar-refractivity contribution in [3.05, 3.63) is 75.5 Å². The Labute approximate surface area is 193 Å². The Kier molecular flexibility index (Phi) is 5.28. The zero-order valence-electron chi connectivity index (χ0n) is 16.9. The Morgan fingerprint density at radius 2 is 2.03 bits per heavy atom. The topological polar surface area (TPSA) is 124 Å². The van der Waals surface area contributed by atoms with Gasteiger partial charge in [-0.3, -0.25) is 14.9 Å². The fourth-order valence-corrected chi connectivity index (χ4v) is 4.70. The predicted molar refractivity (Wildman–Crippen MR) is 126 cm³/mol. The van der Waals surface area contributed by atoms with Crippen molar-refractivity contribution in [1.29, 1.82) is 0 Å². The summed E-state index contributed by atoms with van der Waals surface area (Å²) in [5.41, 5.74) is 3.57. The molecule has 5 aromatic rings. The van der Waals surface area contributed by atoms with Crippen LogP contribution in [0.2, 0.25) is 0 Å². The number of nitro groups is 1. The number of fused-ring (bicyclic) bond motifs is 2. The average molecular weight is 479 g/mol. The minimum atomic E-state index is -0.647. The first-order valence-corrected chi connectivity index (χ1v) is 11.1. The van der Waals surface area contributed by atoms with E-state index in [-0.39, 0.29) is 5.76 Å². The number of hydrogen-bond acceptors (Lipinski definition) is 10. The third-order valence-corrected chi connectivity index (χ3v) is 6.41. The molecule has 33 heavy (non-hydrogen) atoms. The zero-order chi connectivity index (χ0) is 22.9. The van der Waals surface area contributed by atoms with Gasteiger partial charge in [0.05, 0.1) is 45.3 Å². The molecule has 10 nitrogen and oxygen atoms in total. The number of anilines is 1. The van der Waals surface area contributed by atoms with E-state index in [0.29, 0.717) is 22.0 Å². The van der Waals surface area contributed by atoms with Gasteiger partial charge in [0.1, 0.15) is 10.7 Å². The lowest BCUT2D eigenvalue weighted by molar-refractivity contribution is -0.402. The van der Waals surface area contributed by atoms with Gasteiger partial charge in [-0.25, -0.2) is 9.97 Å². The number of benzene rings is 2. The van der Waals surface area contributed by atoms with Gasteiger partial charge >= 0.3 is 5.88 Å². The van der Waals surface area contributed by atoms with Crippen LogP contribution in [0, 0.1) is 10.1 Å². The van der Waals surface area contributed by atoms with Crippen LogP contribution in [0.1, 0.15) is 16.1 Å². The molecule has 0 unspecified atom stereocenters. The molecule has 3 heterocycles. The van der Waals surface area contributed by atoms with Gasteiger partial charge in [-0.2, -0.15) is 10.1 Å².